The molecule has 1 aromatic rings. The molecule has 1 heterocycles. The summed E-state index contributed by atoms with van der Waals surface area (Å²) < 4.78 is 4.96. The van der Waals surface area contributed by atoms with Crippen molar-refractivity contribution < 1.29 is 14.8 Å². The Bertz CT molecular complexity index is 463. The summed E-state index contributed by atoms with van der Waals surface area (Å²) >= 11 is 0. The van der Waals surface area contributed by atoms with Gasteiger partial charge in [0.25, 0.3) is 0 Å². The zero-order valence-corrected chi connectivity index (χ0v) is 11.2. The number of nitro groups is 1. The van der Waals surface area contributed by atoms with Crippen LogP contribution in [0.25, 0.3) is 0 Å². The zero-order chi connectivity index (χ0) is 13.1. The number of piperazine rings is 1. The molecule has 0 bridgehead atoms. The Morgan fingerprint density at radius 1 is 1.47 bits per heavy atom. The molecule has 1 atom stereocenters. The Hall–Kier alpha value is -1.57. The maximum Gasteiger partial charge on any atom is 0.314 e. The van der Waals surface area contributed by atoms with Gasteiger partial charge in [0.05, 0.1) is 12.0 Å². The van der Waals surface area contributed by atoms with Gasteiger partial charge >= 0.3 is 5.69 Å². The van der Waals surface area contributed by atoms with Crippen molar-refractivity contribution in [2.75, 3.05) is 26.7 Å². The van der Waals surface area contributed by atoms with E-state index in [0.29, 0.717) is 6.54 Å². The van der Waals surface area contributed by atoms with Gasteiger partial charge in [0.1, 0.15) is 0 Å². The first-order valence-corrected chi connectivity index (χ1v) is 5.63. The van der Waals surface area contributed by atoms with E-state index in [1.165, 1.54) is 13.2 Å². The third-order valence-corrected chi connectivity index (χ3v) is 2.94. The molecule has 1 aromatic carbocycles. The van der Waals surface area contributed by atoms with Crippen LogP contribution < -0.4 is 15.4 Å². The number of nitrogens with zero attached hydrogens (tertiary/aromatic N) is 1. The van der Waals surface area contributed by atoms with Crippen LogP contribution in [0.2, 0.25) is 0 Å². The maximum absolute atomic E-state index is 10.9. The lowest BCUT2D eigenvalue weighted by molar-refractivity contribution is -0.386. The molecular weight excluding hydrogens is 274 g/mol. The first kappa shape index (κ1) is 15.5. The van der Waals surface area contributed by atoms with Gasteiger partial charge in [-0.1, -0.05) is 0 Å². The normalized spacial score (nSPS) is 18.5. The van der Waals surface area contributed by atoms with Crippen molar-refractivity contribution in [2.24, 2.45) is 0 Å². The molecule has 0 saturated carbocycles. The van der Waals surface area contributed by atoms with E-state index in [1.54, 1.807) is 6.07 Å². The quantitative estimate of drug-likeness (QED) is 0.567. The number of hydrogen-bond acceptors (Lipinski definition) is 6. The molecule has 7 nitrogen and oxygen atoms in total. The number of benzene rings is 1. The van der Waals surface area contributed by atoms with E-state index in [9.17, 15) is 15.2 Å². The number of methoxy groups -OCH3 is 1. The van der Waals surface area contributed by atoms with E-state index in [4.69, 9.17) is 4.74 Å². The Morgan fingerprint density at radius 3 is 2.74 bits per heavy atom. The van der Waals surface area contributed by atoms with E-state index < -0.39 is 10.7 Å². The van der Waals surface area contributed by atoms with Crippen molar-refractivity contribution in [3.8, 4) is 11.5 Å². The summed E-state index contributed by atoms with van der Waals surface area (Å²) in [5.41, 5.74) is 0.389. The van der Waals surface area contributed by atoms with Gasteiger partial charge in [-0.15, -0.1) is 12.4 Å². The summed E-state index contributed by atoms with van der Waals surface area (Å²) in [5.74, 6) is -0.318. The predicted molar refractivity (Wildman–Crippen MR) is 72.2 cm³/mol. The Balaban J connectivity index is 0.00000180. The molecule has 3 N–H and O–H groups in total. The first-order chi connectivity index (χ1) is 8.63. The molecular formula is C11H16ClN3O4. The van der Waals surface area contributed by atoms with Gasteiger partial charge in [-0.3, -0.25) is 10.1 Å². The maximum atomic E-state index is 10.9. The van der Waals surface area contributed by atoms with Crippen molar-refractivity contribution in [3.63, 3.8) is 0 Å². The molecule has 8 heteroatoms. The molecule has 0 spiro atoms. The van der Waals surface area contributed by atoms with Gasteiger partial charge in [-0.25, -0.2) is 0 Å². The number of hydrogen-bond donors (Lipinski definition) is 3. The number of phenolic OH excluding ortho intramolecular Hbond substituents is 1. The summed E-state index contributed by atoms with van der Waals surface area (Å²) in [6.07, 6.45) is 0. The SMILES string of the molecule is COc1cc([C@H]2CNCCN2)cc([N+](=O)[O-])c1O.Cl. The summed E-state index contributed by atoms with van der Waals surface area (Å²) in [4.78, 5) is 10.3. The molecule has 1 aliphatic heterocycles. The number of rotatable bonds is 3. The molecule has 2 rings (SSSR count). The van der Waals surface area contributed by atoms with Gasteiger partial charge in [0, 0.05) is 31.7 Å². The second kappa shape index (κ2) is 6.55. The number of halogens is 1. The average molecular weight is 290 g/mol. The lowest BCUT2D eigenvalue weighted by atomic mass is 10.0. The highest BCUT2D eigenvalue weighted by Crippen LogP contribution is 2.38. The third kappa shape index (κ3) is 3.25. The lowest BCUT2D eigenvalue weighted by Gasteiger charge is -2.25. The molecule has 1 aliphatic rings. The van der Waals surface area contributed by atoms with Crippen LogP contribution in [-0.2, 0) is 0 Å². The van der Waals surface area contributed by atoms with Gasteiger partial charge in [0.2, 0.25) is 5.75 Å². The zero-order valence-electron chi connectivity index (χ0n) is 10.4. The van der Waals surface area contributed by atoms with E-state index in [2.05, 4.69) is 10.6 Å². The van der Waals surface area contributed by atoms with Gasteiger partial charge in [0.15, 0.2) is 5.75 Å². The molecule has 0 aromatic heterocycles. The fourth-order valence-corrected chi connectivity index (χ4v) is 2.00. The summed E-state index contributed by atoms with van der Waals surface area (Å²) in [7, 11) is 1.37. The van der Waals surface area contributed by atoms with Crippen molar-refractivity contribution in [2.45, 2.75) is 6.04 Å². The van der Waals surface area contributed by atoms with Crippen molar-refractivity contribution in [1.29, 1.82) is 0 Å². The predicted octanol–water partition coefficient (Wildman–Crippen LogP) is 0.965. The number of ether oxygens (including phenoxy) is 1. The van der Waals surface area contributed by atoms with Crippen molar-refractivity contribution in [1.82, 2.24) is 10.6 Å². The lowest BCUT2D eigenvalue weighted by Crippen LogP contribution is -2.42. The van der Waals surface area contributed by atoms with Gasteiger partial charge in [-0.05, 0) is 11.6 Å². The smallest absolute Gasteiger partial charge is 0.314 e. The highest BCUT2D eigenvalue weighted by atomic mass is 35.5. The summed E-state index contributed by atoms with van der Waals surface area (Å²) in [6.45, 7) is 2.35. The number of nitro benzene ring substituents is 1. The van der Waals surface area contributed by atoms with Gasteiger partial charge in [-0.2, -0.15) is 0 Å². The van der Waals surface area contributed by atoms with Crippen LogP contribution in [0.5, 0.6) is 11.5 Å². The summed E-state index contributed by atoms with van der Waals surface area (Å²) in [6, 6.07) is 2.97. The monoisotopic (exact) mass is 289 g/mol. The van der Waals surface area contributed by atoms with E-state index in [-0.39, 0.29) is 29.9 Å². The minimum Gasteiger partial charge on any atom is -0.500 e. The fraction of sp³-hybridized carbons (Fsp3) is 0.455. The number of aromatic hydroxyl groups is 1. The Labute approximate surface area is 116 Å². The Morgan fingerprint density at radius 2 is 2.21 bits per heavy atom. The first-order valence-electron chi connectivity index (χ1n) is 5.63. The molecule has 0 amide bonds. The van der Waals surface area contributed by atoms with Crippen LogP contribution in [0, 0.1) is 10.1 Å². The van der Waals surface area contributed by atoms with Gasteiger partial charge < -0.3 is 20.5 Å². The van der Waals surface area contributed by atoms with Crippen LogP contribution in [-0.4, -0.2) is 36.8 Å². The average Bonchev–Trinajstić information content (AvgIpc) is 2.39. The largest absolute Gasteiger partial charge is 0.500 e. The van der Waals surface area contributed by atoms with Crippen LogP contribution in [0.4, 0.5) is 5.69 Å². The standard InChI is InChI=1S/C11H15N3O4.ClH/c1-18-10-5-7(8-6-12-2-3-13-8)4-9(11(10)15)14(16)17;/h4-5,8,12-13,15H,2-3,6H2,1H3;1H/t8-;/m1./s1. The molecule has 19 heavy (non-hydrogen) atoms. The number of nitrogens with one attached hydrogen (secondary N) is 2. The van der Waals surface area contributed by atoms with Crippen LogP contribution in [0.15, 0.2) is 12.1 Å². The summed E-state index contributed by atoms with van der Waals surface area (Å²) in [5, 5.41) is 27.0. The van der Waals surface area contributed by atoms with E-state index >= 15 is 0 Å². The highest BCUT2D eigenvalue weighted by Gasteiger charge is 2.24. The number of phenols is 1. The third-order valence-electron chi connectivity index (χ3n) is 2.94. The van der Waals surface area contributed by atoms with Crippen LogP contribution in [0.1, 0.15) is 11.6 Å². The van der Waals surface area contributed by atoms with E-state index in [0.717, 1.165) is 18.7 Å². The minimum atomic E-state index is -0.613. The highest BCUT2D eigenvalue weighted by molar-refractivity contribution is 5.85. The van der Waals surface area contributed by atoms with Crippen LogP contribution >= 0.6 is 12.4 Å². The van der Waals surface area contributed by atoms with E-state index in [1.807, 2.05) is 0 Å². The molecule has 0 aliphatic carbocycles. The molecule has 1 fully saturated rings. The molecule has 0 unspecified atom stereocenters. The van der Waals surface area contributed by atoms with Crippen molar-refractivity contribution >= 4 is 18.1 Å². The van der Waals surface area contributed by atoms with Crippen molar-refractivity contribution in [3.05, 3.63) is 27.8 Å². The molecule has 0 radical (unpaired) electrons. The Kier molecular flexibility index (Phi) is 5.34. The molecule has 106 valence electrons. The minimum absolute atomic E-state index is 0. The van der Waals surface area contributed by atoms with Crippen LogP contribution in [0.3, 0.4) is 0 Å². The topological polar surface area (TPSA) is 96.7 Å². The molecule has 1 saturated heterocycles. The second-order valence-corrected chi connectivity index (χ2v) is 4.06. The fourth-order valence-electron chi connectivity index (χ4n) is 2.00. The second-order valence-electron chi connectivity index (χ2n) is 4.06.